The molecule has 0 atom stereocenters. The van der Waals surface area contributed by atoms with Crippen LogP contribution in [-0.2, 0) is 0 Å². The van der Waals surface area contributed by atoms with E-state index in [1.54, 1.807) is 0 Å². The summed E-state index contributed by atoms with van der Waals surface area (Å²) in [5.41, 5.74) is 0. The molecule has 0 aromatic heterocycles. The molecule has 0 rings (SSSR count). The van der Waals surface area contributed by atoms with Crippen molar-refractivity contribution in [1.82, 2.24) is 0 Å². The van der Waals surface area contributed by atoms with Crippen LogP contribution < -0.4 is 20.4 Å². The molecular formula is C2H3AlCaMgO9. The molecule has 0 aromatic rings. The monoisotopic (exact) mass is 262 g/mol. The van der Waals surface area contributed by atoms with Gasteiger partial charge in [0.05, 0.1) is 0 Å². The van der Waals surface area contributed by atoms with E-state index in [0.717, 1.165) is 0 Å². The number of rotatable bonds is 0. The van der Waals surface area contributed by atoms with Crippen molar-refractivity contribution in [3.05, 3.63) is 0 Å². The third kappa shape index (κ3) is 1950. The van der Waals surface area contributed by atoms with Gasteiger partial charge in [-0.3, -0.25) is 0 Å². The average Bonchev–Trinajstić information content (AvgIpc) is 1.25. The maximum Gasteiger partial charge on any atom is 3.00 e. The van der Waals surface area contributed by atoms with Crippen molar-refractivity contribution in [3.63, 3.8) is 0 Å². The summed E-state index contributed by atoms with van der Waals surface area (Å²) in [5, 5.41) is 33.3. The van der Waals surface area contributed by atoms with Crippen molar-refractivity contribution in [2.24, 2.45) is 0 Å². The third-order valence-corrected chi connectivity index (χ3v) is 0. The van der Waals surface area contributed by atoms with Crippen LogP contribution >= 0.6 is 0 Å². The molecule has 72 valence electrons. The Labute approximate surface area is 135 Å². The molecule has 0 fully saturated rings. The molecule has 0 radical (unpaired) electrons. The zero-order chi connectivity index (χ0) is 7.15. The van der Waals surface area contributed by atoms with Gasteiger partial charge in [0.2, 0.25) is 0 Å². The summed E-state index contributed by atoms with van der Waals surface area (Å²) in [5.74, 6) is 0. The summed E-state index contributed by atoms with van der Waals surface area (Å²) in [6, 6.07) is 0. The molecule has 14 heavy (non-hydrogen) atoms. The smallest absolute Gasteiger partial charge is 0.870 e. The Kier molecular flexibility index (Phi) is 208. The first kappa shape index (κ1) is 60.1. The predicted molar refractivity (Wildman–Crippen MR) is 33.9 cm³/mol. The van der Waals surface area contributed by atoms with Crippen LogP contribution in [0.15, 0.2) is 0 Å². The summed E-state index contributed by atoms with van der Waals surface area (Å²) in [4.78, 5) is 16.7. The van der Waals surface area contributed by atoms with Gasteiger partial charge in [-0.15, -0.1) is 0 Å². The Morgan fingerprint density at radius 2 is 0.714 bits per heavy atom. The first-order valence-corrected chi connectivity index (χ1v) is 1.22. The van der Waals surface area contributed by atoms with E-state index in [9.17, 15) is 0 Å². The first-order valence-electron chi connectivity index (χ1n) is 1.22. The van der Waals surface area contributed by atoms with Gasteiger partial charge in [-0.05, 0) is 12.3 Å². The van der Waals surface area contributed by atoms with Crippen LogP contribution in [0.25, 0.3) is 0 Å². The molecule has 0 saturated heterocycles. The van der Waals surface area contributed by atoms with Crippen molar-refractivity contribution in [2.75, 3.05) is 0 Å². The zero-order valence-electron chi connectivity index (χ0n) is 6.78. The number of carbonyl (C=O) groups is 2. The fourth-order valence-corrected chi connectivity index (χ4v) is 0. The quantitative estimate of drug-likeness (QED) is 0.378. The van der Waals surface area contributed by atoms with Gasteiger partial charge in [-0.25, -0.2) is 0 Å². The Bertz CT molecular complexity index is 80.8. The van der Waals surface area contributed by atoms with Crippen LogP contribution in [0.3, 0.4) is 0 Å². The van der Waals surface area contributed by atoms with Gasteiger partial charge < -0.3 is 46.4 Å². The van der Waals surface area contributed by atoms with E-state index in [0.29, 0.717) is 0 Å². The van der Waals surface area contributed by atoms with Gasteiger partial charge in [-0.2, -0.15) is 0 Å². The topological polar surface area (TPSA) is 216 Å². The number of hydrogen-bond donors (Lipinski definition) is 0. The molecule has 0 bridgehead atoms. The van der Waals surface area contributed by atoms with E-state index in [1.165, 1.54) is 0 Å². The van der Waals surface area contributed by atoms with Gasteiger partial charge in [0.25, 0.3) is 0 Å². The molecule has 0 heterocycles. The second-order valence-electron chi connectivity index (χ2n) is 0.500. The number of carboxylic acid groups (broad SMARTS) is 4. The standard InChI is InChI=1S/2CH2O3.Al.Ca.Mg.3H2O/c2*2-1(3)4;;;;;;/h2*(H2,2,3,4);;;;3*1H2/q;;+3;2*+2;;;/p-7. The van der Waals surface area contributed by atoms with Crippen LogP contribution in [0.1, 0.15) is 0 Å². The van der Waals surface area contributed by atoms with Crippen LogP contribution in [0, 0.1) is 0 Å². The molecule has 0 saturated carbocycles. The van der Waals surface area contributed by atoms with Gasteiger partial charge in [0.1, 0.15) is 0 Å². The molecule has 0 unspecified atom stereocenters. The van der Waals surface area contributed by atoms with Crippen molar-refractivity contribution in [3.8, 4) is 0 Å². The molecule has 0 aromatic carbocycles. The summed E-state index contributed by atoms with van der Waals surface area (Å²) >= 11 is 0. The summed E-state index contributed by atoms with van der Waals surface area (Å²) in [6.45, 7) is 0. The first-order chi connectivity index (χ1) is 3.46. The summed E-state index contributed by atoms with van der Waals surface area (Å²) in [6.07, 6.45) is -4.67. The Hall–Kier alpha value is 0.978. The molecule has 0 aliphatic rings. The third-order valence-electron chi connectivity index (χ3n) is 0. The summed E-state index contributed by atoms with van der Waals surface area (Å²) < 4.78 is 0. The molecule has 0 amide bonds. The Morgan fingerprint density at radius 1 is 0.714 bits per heavy atom. The van der Waals surface area contributed by atoms with Crippen LogP contribution in [0.5, 0.6) is 0 Å². The van der Waals surface area contributed by atoms with E-state index in [1.807, 2.05) is 0 Å². The van der Waals surface area contributed by atoms with Crippen molar-refractivity contribution in [2.45, 2.75) is 0 Å². The van der Waals surface area contributed by atoms with Gasteiger partial charge >= 0.3 is 78.2 Å². The normalized spacial score (nSPS) is 3.43. The average molecular weight is 262 g/mol. The fraction of sp³-hybridized carbons (Fsp3) is 0. The maximum atomic E-state index is 8.33. The fourth-order valence-electron chi connectivity index (χ4n) is 0. The summed E-state index contributed by atoms with van der Waals surface area (Å²) in [7, 11) is 0. The maximum absolute atomic E-state index is 8.33. The zero-order valence-corrected chi connectivity index (χ0v) is 11.6. The molecule has 0 spiro atoms. The molecule has 9 nitrogen and oxygen atoms in total. The molecule has 3 N–H and O–H groups in total. The van der Waals surface area contributed by atoms with Gasteiger partial charge in [-0.1, -0.05) is 0 Å². The van der Waals surface area contributed by atoms with E-state index in [-0.39, 0.29) is 94.6 Å². The number of carbonyl (C=O) groups excluding carboxylic acids is 2. The second kappa shape index (κ2) is 48.3. The van der Waals surface area contributed by atoms with E-state index < -0.39 is 12.3 Å². The van der Waals surface area contributed by atoms with Crippen LogP contribution in [0.2, 0.25) is 0 Å². The largest absolute Gasteiger partial charge is 3.00 e. The van der Waals surface area contributed by atoms with Crippen LogP contribution in [0.4, 0.5) is 9.59 Å². The number of hydrogen-bond acceptors (Lipinski definition) is 9. The molecule has 12 heteroatoms. The molecule has 0 aliphatic heterocycles. The Morgan fingerprint density at radius 3 is 0.714 bits per heavy atom. The van der Waals surface area contributed by atoms with Gasteiger partial charge in [0, 0.05) is 0 Å². The van der Waals surface area contributed by atoms with Crippen LogP contribution in [-0.4, -0.2) is 107 Å². The van der Waals surface area contributed by atoms with E-state index in [2.05, 4.69) is 0 Å². The SMILES string of the molecule is O=C([O-])[O-].O=C([O-])[O-].[Al+3].[Ca+2].[Mg+2].[OH-].[OH-].[OH-]. The minimum absolute atomic E-state index is 0. The van der Waals surface area contributed by atoms with E-state index >= 15 is 0 Å². The van der Waals surface area contributed by atoms with Crippen molar-refractivity contribution < 1.29 is 46.4 Å². The Balaban J connectivity index is -0.00000000600. The minimum atomic E-state index is -2.33. The predicted octanol–water partition coefficient (Wildman–Crippen LogP) is -6.57. The second-order valence-corrected chi connectivity index (χ2v) is 0.500. The molecular weight excluding hydrogens is 259 g/mol. The molecule has 0 aliphatic carbocycles. The van der Waals surface area contributed by atoms with Crippen molar-refractivity contribution >= 4 is 90.5 Å². The minimum Gasteiger partial charge on any atom is -0.870 e. The van der Waals surface area contributed by atoms with E-state index in [4.69, 9.17) is 30.0 Å². The van der Waals surface area contributed by atoms with Gasteiger partial charge in [0.15, 0.2) is 0 Å². The van der Waals surface area contributed by atoms with Crippen molar-refractivity contribution in [1.29, 1.82) is 0 Å².